The Kier molecular flexibility index (Phi) is 11.2. The van der Waals surface area contributed by atoms with E-state index < -0.39 is 5.92 Å². The SMILES string of the molecule is CC(CCOC(=O)CC(C)C(=O)OCCC(C)CC(C)(C)C)CC(C)(C)C. The van der Waals surface area contributed by atoms with Gasteiger partial charge in [0, 0.05) is 0 Å². The van der Waals surface area contributed by atoms with E-state index in [4.69, 9.17) is 9.47 Å². The van der Waals surface area contributed by atoms with Crippen LogP contribution in [0, 0.1) is 28.6 Å². The molecule has 3 unspecified atom stereocenters. The van der Waals surface area contributed by atoms with E-state index in [9.17, 15) is 9.59 Å². The normalized spacial score (nSPS) is 15.7. The minimum Gasteiger partial charge on any atom is -0.466 e. The van der Waals surface area contributed by atoms with E-state index in [1.807, 2.05) is 0 Å². The van der Waals surface area contributed by atoms with Gasteiger partial charge < -0.3 is 9.47 Å². The van der Waals surface area contributed by atoms with Crippen LogP contribution in [0.1, 0.15) is 94.4 Å². The summed E-state index contributed by atoms with van der Waals surface area (Å²) in [7, 11) is 0. The van der Waals surface area contributed by atoms with Gasteiger partial charge in [-0.15, -0.1) is 0 Å². The Morgan fingerprint density at radius 1 is 0.741 bits per heavy atom. The zero-order valence-electron chi connectivity index (χ0n) is 19.3. The molecule has 4 heteroatoms. The molecule has 0 aromatic heterocycles. The quantitative estimate of drug-likeness (QED) is 0.408. The summed E-state index contributed by atoms with van der Waals surface area (Å²) in [6.45, 7) is 20.2. The van der Waals surface area contributed by atoms with Crippen molar-refractivity contribution in [1.82, 2.24) is 0 Å². The number of hydrogen-bond acceptors (Lipinski definition) is 4. The molecule has 0 bridgehead atoms. The lowest BCUT2D eigenvalue weighted by Crippen LogP contribution is -2.21. The van der Waals surface area contributed by atoms with Crippen molar-refractivity contribution in [2.75, 3.05) is 13.2 Å². The molecule has 0 heterocycles. The summed E-state index contributed by atoms with van der Waals surface area (Å²) in [5.74, 6) is -0.0645. The standard InChI is InChI=1S/C23H44O4/c1-17(15-22(4,5)6)10-12-26-20(24)14-19(3)21(25)27-13-11-18(2)16-23(7,8)9/h17-19H,10-16H2,1-9H3. The summed E-state index contributed by atoms with van der Waals surface area (Å²) < 4.78 is 10.6. The molecule has 0 aromatic carbocycles. The number of carbonyl (C=O) groups is 2. The molecule has 0 rings (SSSR count). The van der Waals surface area contributed by atoms with E-state index in [0.717, 1.165) is 25.7 Å². The van der Waals surface area contributed by atoms with Crippen LogP contribution in [0.25, 0.3) is 0 Å². The van der Waals surface area contributed by atoms with Crippen LogP contribution in [0.15, 0.2) is 0 Å². The van der Waals surface area contributed by atoms with Crippen LogP contribution in [0.5, 0.6) is 0 Å². The zero-order chi connectivity index (χ0) is 21.3. The molecule has 0 amide bonds. The van der Waals surface area contributed by atoms with E-state index in [1.165, 1.54) is 0 Å². The Balaban J connectivity index is 3.99. The largest absolute Gasteiger partial charge is 0.466 e. The van der Waals surface area contributed by atoms with Gasteiger partial charge in [-0.25, -0.2) is 0 Å². The molecule has 0 spiro atoms. The van der Waals surface area contributed by atoms with Crippen LogP contribution in [0.2, 0.25) is 0 Å². The first kappa shape index (κ1) is 25.9. The number of hydrogen-bond donors (Lipinski definition) is 0. The molecule has 27 heavy (non-hydrogen) atoms. The minimum absolute atomic E-state index is 0.0873. The molecule has 3 atom stereocenters. The molecule has 160 valence electrons. The van der Waals surface area contributed by atoms with Crippen molar-refractivity contribution < 1.29 is 19.1 Å². The summed E-state index contributed by atoms with van der Waals surface area (Å²) in [4.78, 5) is 24.0. The molecule has 0 aliphatic carbocycles. The monoisotopic (exact) mass is 384 g/mol. The van der Waals surface area contributed by atoms with Gasteiger partial charge >= 0.3 is 11.9 Å². The van der Waals surface area contributed by atoms with E-state index >= 15 is 0 Å². The lowest BCUT2D eigenvalue weighted by molar-refractivity contribution is -0.155. The van der Waals surface area contributed by atoms with Crippen LogP contribution in [-0.4, -0.2) is 25.2 Å². The highest BCUT2D eigenvalue weighted by atomic mass is 16.5. The highest BCUT2D eigenvalue weighted by Crippen LogP contribution is 2.26. The molecular weight excluding hydrogens is 340 g/mol. The van der Waals surface area contributed by atoms with E-state index in [-0.39, 0.29) is 29.2 Å². The molecule has 0 saturated carbocycles. The smallest absolute Gasteiger partial charge is 0.309 e. The predicted molar refractivity (Wildman–Crippen MR) is 111 cm³/mol. The molecule has 0 aliphatic rings. The topological polar surface area (TPSA) is 52.6 Å². The van der Waals surface area contributed by atoms with Gasteiger partial charge in [-0.3, -0.25) is 9.59 Å². The zero-order valence-corrected chi connectivity index (χ0v) is 19.3. The highest BCUT2D eigenvalue weighted by molar-refractivity contribution is 5.79. The van der Waals surface area contributed by atoms with Crippen LogP contribution in [0.3, 0.4) is 0 Å². The lowest BCUT2D eigenvalue weighted by atomic mass is 9.84. The third kappa shape index (κ3) is 15.7. The first-order valence-electron chi connectivity index (χ1n) is 10.5. The second-order valence-corrected chi connectivity index (χ2v) is 10.8. The van der Waals surface area contributed by atoms with Gasteiger partial charge in [0.2, 0.25) is 0 Å². The van der Waals surface area contributed by atoms with Crippen LogP contribution < -0.4 is 0 Å². The minimum atomic E-state index is -0.456. The molecule has 0 fully saturated rings. The van der Waals surface area contributed by atoms with Crippen molar-refractivity contribution in [3.05, 3.63) is 0 Å². The second-order valence-electron chi connectivity index (χ2n) is 10.8. The van der Waals surface area contributed by atoms with Crippen molar-refractivity contribution in [2.24, 2.45) is 28.6 Å². The lowest BCUT2D eigenvalue weighted by Gasteiger charge is -2.23. The van der Waals surface area contributed by atoms with Crippen molar-refractivity contribution in [3.63, 3.8) is 0 Å². The molecule has 0 radical (unpaired) electrons. The van der Waals surface area contributed by atoms with Gasteiger partial charge in [0.25, 0.3) is 0 Å². The van der Waals surface area contributed by atoms with Gasteiger partial charge in [0.1, 0.15) is 0 Å². The Morgan fingerprint density at radius 2 is 1.15 bits per heavy atom. The Hall–Kier alpha value is -1.06. The van der Waals surface area contributed by atoms with E-state index in [2.05, 4.69) is 55.4 Å². The number of ether oxygens (including phenoxy) is 2. The van der Waals surface area contributed by atoms with Crippen molar-refractivity contribution >= 4 is 11.9 Å². The van der Waals surface area contributed by atoms with E-state index in [1.54, 1.807) is 6.92 Å². The first-order valence-corrected chi connectivity index (χ1v) is 10.5. The summed E-state index contributed by atoms with van der Waals surface area (Å²) in [6, 6.07) is 0. The maximum atomic E-state index is 12.1. The maximum Gasteiger partial charge on any atom is 0.309 e. The van der Waals surface area contributed by atoms with Gasteiger partial charge in [0.05, 0.1) is 25.6 Å². The average Bonchev–Trinajstić information content (AvgIpc) is 2.42. The maximum absolute atomic E-state index is 12.1. The summed E-state index contributed by atoms with van der Waals surface area (Å²) in [6.07, 6.45) is 3.99. The predicted octanol–water partition coefficient (Wildman–Crippen LogP) is 6.02. The van der Waals surface area contributed by atoms with Gasteiger partial charge in [0.15, 0.2) is 0 Å². The van der Waals surface area contributed by atoms with Crippen LogP contribution in [-0.2, 0) is 19.1 Å². The third-order valence-electron chi connectivity index (χ3n) is 4.53. The highest BCUT2D eigenvalue weighted by Gasteiger charge is 2.21. The van der Waals surface area contributed by atoms with E-state index in [0.29, 0.717) is 25.0 Å². The van der Waals surface area contributed by atoms with Crippen LogP contribution in [0.4, 0.5) is 0 Å². The van der Waals surface area contributed by atoms with Crippen LogP contribution >= 0.6 is 0 Å². The molecule has 0 N–H and O–H groups in total. The summed E-state index contributed by atoms with van der Waals surface area (Å²) >= 11 is 0. The molecule has 0 saturated heterocycles. The first-order chi connectivity index (χ1) is 12.2. The van der Waals surface area contributed by atoms with Gasteiger partial charge in [-0.05, 0) is 48.3 Å². The molecule has 0 aliphatic heterocycles. The number of esters is 2. The summed E-state index contributed by atoms with van der Waals surface area (Å²) in [5.41, 5.74) is 0.566. The third-order valence-corrected chi connectivity index (χ3v) is 4.53. The molecule has 0 aromatic rings. The van der Waals surface area contributed by atoms with Crippen molar-refractivity contribution in [3.8, 4) is 0 Å². The Bertz CT molecular complexity index is 442. The summed E-state index contributed by atoms with van der Waals surface area (Å²) in [5, 5.41) is 0. The number of carbonyl (C=O) groups excluding carboxylic acids is 2. The fourth-order valence-electron chi connectivity index (χ4n) is 3.56. The van der Waals surface area contributed by atoms with Crippen molar-refractivity contribution in [2.45, 2.75) is 94.4 Å². The number of rotatable bonds is 11. The Labute approximate surface area is 167 Å². The fourth-order valence-corrected chi connectivity index (χ4v) is 3.56. The molecule has 4 nitrogen and oxygen atoms in total. The van der Waals surface area contributed by atoms with Crippen molar-refractivity contribution in [1.29, 1.82) is 0 Å². The van der Waals surface area contributed by atoms with Gasteiger partial charge in [-0.1, -0.05) is 62.3 Å². The second kappa shape index (κ2) is 11.7. The molecular formula is C23H44O4. The van der Waals surface area contributed by atoms with Gasteiger partial charge in [-0.2, -0.15) is 0 Å². The average molecular weight is 385 g/mol. The Morgan fingerprint density at radius 3 is 1.56 bits per heavy atom. The fraction of sp³-hybridized carbons (Fsp3) is 0.913.